The minimum Gasteiger partial charge on any atom is -0.504 e. The number of esters is 1. The summed E-state index contributed by atoms with van der Waals surface area (Å²) >= 11 is 0. The summed E-state index contributed by atoms with van der Waals surface area (Å²) < 4.78 is 21.4. The van der Waals surface area contributed by atoms with Gasteiger partial charge in [-0.15, -0.1) is 0 Å². The topological polar surface area (TPSA) is 277 Å². The summed E-state index contributed by atoms with van der Waals surface area (Å²) in [5.74, 6) is -7.08. The van der Waals surface area contributed by atoms with Crippen LogP contribution in [0.5, 0.6) is 46.0 Å². The van der Waals surface area contributed by atoms with Gasteiger partial charge in [-0.25, -0.2) is 4.79 Å². The molecule has 0 bridgehead atoms. The number of ether oxygens (including phenoxy) is 3. The smallest absolute Gasteiger partial charge is 0.330 e. The number of rotatable bonds is 7. The van der Waals surface area contributed by atoms with Crippen molar-refractivity contribution < 1.29 is 74.5 Å². The van der Waals surface area contributed by atoms with E-state index in [9.17, 15) is 60.7 Å². The molecule has 1 saturated heterocycles. The van der Waals surface area contributed by atoms with Gasteiger partial charge in [0.25, 0.3) is 0 Å². The van der Waals surface area contributed by atoms with E-state index in [0.717, 1.165) is 24.3 Å². The largest absolute Gasteiger partial charge is 0.504 e. The summed E-state index contributed by atoms with van der Waals surface area (Å²) in [6.45, 7) is -0.683. The van der Waals surface area contributed by atoms with Gasteiger partial charge in [-0.3, -0.25) is 4.79 Å². The third kappa shape index (κ3) is 6.00. The third-order valence-electron chi connectivity index (χ3n) is 7.01. The maximum atomic E-state index is 13.0. The summed E-state index contributed by atoms with van der Waals surface area (Å²) in [5.41, 5.74) is -1.36. The summed E-state index contributed by atoms with van der Waals surface area (Å²) in [5, 5.41) is 101. The van der Waals surface area contributed by atoms with Crippen LogP contribution in [0.15, 0.2) is 57.8 Å². The summed E-state index contributed by atoms with van der Waals surface area (Å²) in [7, 11) is 0. The Hall–Kier alpha value is -5.68. The molecule has 16 heteroatoms. The second-order valence-electron chi connectivity index (χ2n) is 10.1. The molecule has 0 spiro atoms. The van der Waals surface area contributed by atoms with Crippen molar-refractivity contribution in [3.63, 3.8) is 0 Å². The Morgan fingerprint density at radius 3 is 2.13 bits per heavy atom. The van der Waals surface area contributed by atoms with Gasteiger partial charge in [-0.05, 0) is 42.0 Å². The summed E-state index contributed by atoms with van der Waals surface area (Å²) in [6.07, 6.45) is -6.97. The Morgan fingerprint density at radius 1 is 0.783 bits per heavy atom. The number of carbonyl (C=O) groups is 1. The van der Waals surface area contributed by atoms with Gasteiger partial charge in [0.05, 0.1) is 0 Å². The fraction of sp³-hybridized carbons (Fsp3) is 0.200. The standard InChI is InChI=1S/C30H26O16/c31-13-4-1-11(7-15(13)33)2-6-20(36)43-10-19-22(37)25(40)27(42)30(45-19)46-29-17(35)9-18-21(24(29)39)23(38)26(41)28(44-18)12-3-5-14(32)16(34)8-12/h1-9,19,22,25,27,30-35,37,39-42H,10H2/b6-2+/t19-,22-,25+,27-,30+/m1/s1. The van der Waals surface area contributed by atoms with Gasteiger partial charge in [0, 0.05) is 17.7 Å². The maximum absolute atomic E-state index is 13.0. The molecule has 1 aliphatic rings. The fourth-order valence-corrected chi connectivity index (χ4v) is 4.56. The van der Waals surface area contributed by atoms with E-state index in [-0.39, 0.29) is 11.3 Å². The van der Waals surface area contributed by atoms with Gasteiger partial charge in [-0.2, -0.15) is 0 Å². The lowest BCUT2D eigenvalue weighted by molar-refractivity contribution is -0.278. The molecule has 4 aromatic rings. The van der Waals surface area contributed by atoms with E-state index in [1.165, 1.54) is 30.3 Å². The molecule has 5 atom stereocenters. The highest BCUT2D eigenvalue weighted by atomic mass is 16.7. The minimum absolute atomic E-state index is 0.0423. The van der Waals surface area contributed by atoms with Gasteiger partial charge in [0.2, 0.25) is 23.2 Å². The van der Waals surface area contributed by atoms with E-state index in [4.69, 9.17) is 18.6 Å². The van der Waals surface area contributed by atoms with E-state index >= 15 is 0 Å². The molecule has 0 unspecified atom stereocenters. The Labute approximate surface area is 256 Å². The number of aliphatic hydroxyl groups is 3. The zero-order chi connectivity index (χ0) is 33.4. The molecule has 1 fully saturated rings. The van der Waals surface area contributed by atoms with Crippen molar-refractivity contribution in [1.82, 2.24) is 0 Å². The molecule has 1 aliphatic heterocycles. The van der Waals surface area contributed by atoms with Crippen LogP contribution in [0.3, 0.4) is 0 Å². The van der Waals surface area contributed by atoms with Crippen LogP contribution in [0.25, 0.3) is 28.4 Å². The normalized spacial score (nSPS) is 21.4. The quantitative estimate of drug-likeness (QED) is 0.0759. The first-order chi connectivity index (χ1) is 21.8. The van der Waals surface area contributed by atoms with E-state index < -0.39 is 106 Å². The third-order valence-corrected chi connectivity index (χ3v) is 7.01. The van der Waals surface area contributed by atoms with Gasteiger partial charge in [-0.1, -0.05) is 6.07 Å². The van der Waals surface area contributed by atoms with Crippen molar-refractivity contribution in [3.05, 3.63) is 64.3 Å². The van der Waals surface area contributed by atoms with E-state index in [2.05, 4.69) is 0 Å². The molecule has 242 valence electrons. The van der Waals surface area contributed by atoms with Crippen molar-refractivity contribution in [2.45, 2.75) is 30.7 Å². The molecule has 5 rings (SSSR count). The molecular weight excluding hydrogens is 616 g/mol. The van der Waals surface area contributed by atoms with Crippen LogP contribution in [0.4, 0.5) is 0 Å². The fourth-order valence-electron chi connectivity index (χ4n) is 4.56. The SMILES string of the molecule is O=C(/C=C/c1ccc(O)c(O)c1)OC[C@H]1O[C@@H](Oc2c(O)cc3oc(-c4ccc(O)c(O)c4)c(O)c(=O)c3c2O)[C@H](O)[C@@H](O)[C@@H]1O. The number of fused-ring (bicyclic) bond motifs is 1. The number of aliphatic hydroxyl groups excluding tert-OH is 3. The van der Waals surface area contributed by atoms with Gasteiger partial charge in [0.1, 0.15) is 42.0 Å². The first-order valence-corrected chi connectivity index (χ1v) is 13.3. The van der Waals surface area contributed by atoms with Crippen molar-refractivity contribution >= 4 is 23.0 Å². The van der Waals surface area contributed by atoms with Gasteiger partial charge >= 0.3 is 5.97 Å². The van der Waals surface area contributed by atoms with Crippen LogP contribution >= 0.6 is 0 Å². The molecule has 16 nitrogen and oxygen atoms in total. The number of aromatic hydroxyl groups is 7. The Balaban J connectivity index is 1.36. The molecule has 46 heavy (non-hydrogen) atoms. The van der Waals surface area contributed by atoms with E-state index in [0.29, 0.717) is 5.56 Å². The Kier molecular flexibility index (Phi) is 8.53. The zero-order valence-electron chi connectivity index (χ0n) is 23.2. The number of phenols is 6. The maximum Gasteiger partial charge on any atom is 0.330 e. The number of hydrogen-bond donors (Lipinski definition) is 10. The van der Waals surface area contributed by atoms with Crippen LogP contribution in [-0.2, 0) is 14.3 Å². The monoisotopic (exact) mass is 642 g/mol. The zero-order valence-corrected chi connectivity index (χ0v) is 23.2. The number of hydrogen-bond acceptors (Lipinski definition) is 16. The average Bonchev–Trinajstić information content (AvgIpc) is 3.02. The lowest BCUT2D eigenvalue weighted by Gasteiger charge is -2.39. The lowest BCUT2D eigenvalue weighted by Crippen LogP contribution is -2.60. The Bertz CT molecular complexity index is 1900. The summed E-state index contributed by atoms with van der Waals surface area (Å²) in [6, 6.07) is 7.87. The van der Waals surface area contributed by atoms with E-state index in [1.807, 2.05) is 0 Å². The molecule has 3 aromatic carbocycles. The average molecular weight is 643 g/mol. The highest BCUT2D eigenvalue weighted by Crippen LogP contribution is 2.45. The van der Waals surface area contributed by atoms with Crippen LogP contribution in [0, 0.1) is 0 Å². The van der Waals surface area contributed by atoms with Crippen LogP contribution in [0.1, 0.15) is 5.56 Å². The molecule has 10 N–H and O–H groups in total. The first kappa shape index (κ1) is 31.7. The predicted octanol–water partition coefficient (Wildman–Crippen LogP) is 0.842. The van der Waals surface area contributed by atoms with Gasteiger partial charge < -0.3 is 69.7 Å². The molecular formula is C30H26O16. The molecule has 0 aliphatic carbocycles. The molecule has 2 heterocycles. The summed E-state index contributed by atoms with van der Waals surface area (Å²) in [4.78, 5) is 25.2. The lowest BCUT2D eigenvalue weighted by atomic mass is 9.99. The first-order valence-electron chi connectivity index (χ1n) is 13.3. The second-order valence-corrected chi connectivity index (χ2v) is 10.1. The van der Waals surface area contributed by atoms with Crippen molar-refractivity contribution in [2.75, 3.05) is 6.61 Å². The second kappa shape index (κ2) is 12.4. The number of phenolic OH excluding ortho intramolecular Hbond substituents is 6. The predicted molar refractivity (Wildman–Crippen MR) is 153 cm³/mol. The van der Waals surface area contributed by atoms with Crippen molar-refractivity contribution in [2.24, 2.45) is 0 Å². The minimum atomic E-state index is -1.99. The Morgan fingerprint density at radius 2 is 1.46 bits per heavy atom. The molecule has 0 saturated carbocycles. The van der Waals surface area contributed by atoms with Crippen LogP contribution < -0.4 is 10.2 Å². The van der Waals surface area contributed by atoms with Crippen molar-refractivity contribution in [1.29, 1.82) is 0 Å². The van der Waals surface area contributed by atoms with Crippen LogP contribution in [0.2, 0.25) is 0 Å². The van der Waals surface area contributed by atoms with Crippen LogP contribution in [-0.4, -0.2) is 94.3 Å². The highest BCUT2D eigenvalue weighted by Gasteiger charge is 2.46. The van der Waals surface area contributed by atoms with Crippen molar-refractivity contribution in [3.8, 4) is 57.3 Å². The van der Waals surface area contributed by atoms with E-state index in [1.54, 1.807) is 0 Å². The number of benzene rings is 3. The molecule has 0 radical (unpaired) electrons. The number of carbonyl (C=O) groups excluding carboxylic acids is 1. The highest BCUT2D eigenvalue weighted by molar-refractivity contribution is 5.91. The van der Waals surface area contributed by atoms with Gasteiger partial charge in [0.15, 0.2) is 40.3 Å². The molecule has 1 aromatic heterocycles. The molecule has 0 amide bonds.